The second kappa shape index (κ2) is 4.73. The van der Waals surface area contributed by atoms with Crippen molar-refractivity contribution in [2.24, 2.45) is 11.8 Å². The summed E-state index contributed by atoms with van der Waals surface area (Å²) in [5.74, 6) is 0.851. The summed E-state index contributed by atoms with van der Waals surface area (Å²) < 4.78 is 0. The lowest BCUT2D eigenvalue weighted by atomic mass is 9.89. The summed E-state index contributed by atoms with van der Waals surface area (Å²) >= 11 is 0. The third kappa shape index (κ3) is 2.15. The number of phenols is 1. The lowest BCUT2D eigenvalue weighted by Gasteiger charge is -2.14. The van der Waals surface area contributed by atoms with E-state index >= 15 is 0 Å². The molecule has 21 heavy (non-hydrogen) atoms. The zero-order valence-electron chi connectivity index (χ0n) is 11.9. The quantitative estimate of drug-likeness (QED) is 0.804. The van der Waals surface area contributed by atoms with Gasteiger partial charge in [0.1, 0.15) is 11.5 Å². The first-order valence-electron chi connectivity index (χ1n) is 7.62. The molecule has 0 aromatic heterocycles. The largest absolute Gasteiger partial charge is 0.508 e. The lowest BCUT2D eigenvalue weighted by molar-refractivity contribution is -0.126. The smallest absolute Gasteiger partial charge is 0.140 e. The zero-order valence-corrected chi connectivity index (χ0v) is 11.9. The fourth-order valence-corrected chi connectivity index (χ4v) is 3.90. The van der Waals surface area contributed by atoms with E-state index in [0.717, 1.165) is 31.2 Å². The van der Waals surface area contributed by atoms with Crippen LogP contribution < -0.4 is 0 Å². The van der Waals surface area contributed by atoms with Crippen molar-refractivity contribution in [2.45, 2.75) is 25.7 Å². The molecule has 2 aromatic rings. The molecule has 0 saturated heterocycles. The van der Waals surface area contributed by atoms with Crippen LogP contribution in [0.1, 0.15) is 22.3 Å². The number of fused-ring (bicyclic) bond motifs is 4. The van der Waals surface area contributed by atoms with Crippen LogP contribution in [0.3, 0.4) is 0 Å². The number of carbonyl (C=O) groups is 1. The van der Waals surface area contributed by atoms with Crippen LogP contribution in [0.5, 0.6) is 5.75 Å². The highest BCUT2D eigenvalue weighted by molar-refractivity contribution is 5.86. The van der Waals surface area contributed by atoms with Gasteiger partial charge in [0.25, 0.3) is 0 Å². The summed E-state index contributed by atoms with van der Waals surface area (Å²) in [6, 6.07) is 14.0. The third-order valence-electron chi connectivity index (χ3n) is 4.98. The molecule has 2 atom stereocenters. The molecule has 0 spiro atoms. The fraction of sp³-hybridized carbons (Fsp3) is 0.316. The zero-order chi connectivity index (χ0) is 14.4. The molecular weight excluding hydrogens is 260 g/mol. The minimum Gasteiger partial charge on any atom is -0.508 e. The highest BCUT2D eigenvalue weighted by Gasteiger charge is 2.35. The first kappa shape index (κ1) is 12.6. The molecule has 1 N–H and O–H groups in total. The minimum atomic E-state index is 0.0571. The summed E-state index contributed by atoms with van der Waals surface area (Å²) in [7, 11) is 0. The average molecular weight is 278 g/mol. The molecule has 2 heteroatoms. The molecule has 2 aliphatic carbocycles. The van der Waals surface area contributed by atoms with Crippen LogP contribution in [-0.4, -0.2) is 10.9 Å². The Morgan fingerprint density at radius 3 is 1.90 bits per heavy atom. The van der Waals surface area contributed by atoms with E-state index in [2.05, 4.69) is 24.3 Å². The molecule has 2 aliphatic rings. The maximum atomic E-state index is 12.8. The van der Waals surface area contributed by atoms with Crippen molar-refractivity contribution in [3.8, 4) is 5.75 Å². The Morgan fingerprint density at radius 2 is 1.29 bits per heavy atom. The monoisotopic (exact) mass is 278 g/mol. The van der Waals surface area contributed by atoms with Crippen molar-refractivity contribution in [1.29, 1.82) is 0 Å². The standard InChI is InChI=1S/C19H18O2/c20-18-6-5-14-9-16-7-12-3-1-2-4-13(12)8-17(19(16)21)10-15(14)11-18/h1-6,11,16-17,20H,7-10H2. The van der Waals surface area contributed by atoms with Crippen molar-refractivity contribution in [3.63, 3.8) is 0 Å². The van der Waals surface area contributed by atoms with Crippen LogP contribution in [0.25, 0.3) is 0 Å². The highest BCUT2D eigenvalue weighted by Crippen LogP contribution is 2.35. The predicted molar refractivity (Wildman–Crippen MR) is 81.4 cm³/mol. The molecular formula is C19H18O2. The Labute approximate surface area is 124 Å². The van der Waals surface area contributed by atoms with Gasteiger partial charge in [-0.1, -0.05) is 30.3 Å². The van der Waals surface area contributed by atoms with Crippen molar-refractivity contribution in [1.82, 2.24) is 0 Å². The number of benzene rings is 2. The maximum absolute atomic E-state index is 12.8. The number of aromatic hydroxyl groups is 1. The molecule has 2 aromatic carbocycles. The SMILES string of the molecule is O=C1C2Cc3ccccc3CC1Cc1cc(O)ccc1C2. The number of hydrogen-bond acceptors (Lipinski definition) is 2. The van der Waals surface area contributed by atoms with Crippen LogP contribution in [0, 0.1) is 11.8 Å². The second-order valence-corrected chi connectivity index (χ2v) is 6.33. The van der Waals surface area contributed by atoms with E-state index in [4.69, 9.17) is 0 Å². The molecule has 2 bridgehead atoms. The van der Waals surface area contributed by atoms with Gasteiger partial charge in [-0.2, -0.15) is 0 Å². The second-order valence-electron chi connectivity index (χ2n) is 6.33. The molecule has 2 nitrogen and oxygen atoms in total. The van der Waals surface area contributed by atoms with E-state index in [0.29, 0.717) is 11.5 Å². The van der Waals surface area contributed by atoms with E-state index in [1.807, 2.05) is 12.1 Å². The van der Waals surface area contributed by atoms with E-state index in [1.165, 1.54) is 16.7 Å². The predicted octanol–water partition coefficient (Wildman–Crippen LogP) is 3.09. The molecule has 0 fully saturated rings. The first-order chi connectivity index (χ1) is 10.2. The molecule has 0 aliphatic heterocycles. The van der Waals surface area contributed by atoms with Crippen molar-refractivity contribution in [3.05, 3.63) is 64.7 Å². The van der Waals surface area contributed by atoms with E-state index in [-0.39, 0.29) is 11.8 Å². The highest BCUT2D eigenvalue weighted by atomic mass is 16.3. The Hall–Kier alpha value is -2.09. The molecule has 0 amide bonds. The normalized spacial score (nSPS) is 23.7. The Morgan fingerprint density at radius 1 is 0.762 bits per heavy atom. The molecule has 106 valence electrons. The van der Waals surface area contributed by atoms with Gasteiger partial charge in [-0.05, 0) is 60.1 Å². The third-order valence-corrected chi connectivity index (χ3v) is 4.98. The molecule has 0 radical (unpaired) electrons. The minimum absolute atomic E-state index is 0.0571. The van der Waals surface area contributed by atoms with Crippen LogP contribution in [0.4, 0.5) is 0 Å². The van der Waals surface area contributed by atoms with Crippen LogP contribution in [0.2, 0.25) is 0 Å². The Balaban J connectivity index is 1.80. The topological polar surface area (TPSA) is 37.3 Å². The van der Waals surface area contributed by atoms with Crippen molar-refractivity contribution in [2.75, 3.05) is 0 Å². The fourth-order valence-electron chi connectivity index (χ4n) is 3.90. The van der Waals surface area contributed by atoms with Crippen LogP contribution >= 0.6 is 0 Å². The number of carbonyl (C=O) groups excluding carboxylic acids is 1. The van der Waals surface area contributed by atoms with Gasteiger partial charge in [-0.25, -0.2) is 0 Å². The van der Waals surface area contributed by atoms with Gasteiger partial charge >= 0.3 is 0 Å². The first-order valence-corrected chi connectivity index (χ1v) is 7.62. The van der Waals surface area contributed by atoms with Gasteiger partial charge in [-0.15, -0.1) is 0 Å². The van der Waals surface area contributed by atoms with Gasteiger partial charge in [-0.3, -0.25) is 4.79 Å². The van der Waals surface area contributed by atoms with Crippen LogP contribution in [-0.2, 0) is 30.5 Å². The number of phenolic OH excluding ortho intramolecular Hbond substituents is 1. The van der Waals surface area contributed by atoms with Gasteiger partial charge in [0.15, 0.2) is 0 Å². The summed E-state index contributed by atoms with van der Waals surface area (Å²) in [5.41, 5.74) is 5.03. The Kier molecular flexibility index (Phi) is 2.85. The summed E-state index contributed by atoms with van der Waals surface area (Å²) in [6.07, 6.45) is 3.25. The number of hydrogen-bond donors (Lipinski definition) is 1. The van der Waals surface area contributed by atoms with Gasteiger partial charge in [0.2, 0.25) is 0 Å². The van der Waals surface area contributed by atoms with Crippen molar-refractivity contribution >= 4 is 5.78 Å². The molecule has 0 heterocycles. The van der Waals surface area contributed by atoms with Crippen LogP contribution in [0.15, 0.2) is 42.5 Å². The molecule has 0 saturated carbocycles. The number of ketones is 1. The lowest BCUT2D eigenvalue weighted by Crippen LogP contribution is -2.24. The molecule has 4 rings (SSSR count). The summed E-state index contributed by atoms with van der Waals surface area (Å²) in [6.45, 7) is 0. The number of Topliss-reactive ketones (excluding diaryl/α,β-unsaturated/α-hetero) is 1. The van der Waals surface area contributed by atoms with Gasteiger partial charge in [0, 0.05) is 11.8 Å². The maximum Gasteiger partial charge on any atom is 0.140 e. The Bertz CT molecular complexity index is 717. The average Bonchev–Trinajstić information content (AvgIpc) is 2.68. The summed E-state index contributed by atoms with van der Waals surface area (Å²) in [4.78, 5) is 12.8. The van der Waals surface area contributed by atoms with E-state index in [9.17, 15) is 9.90 Å². The van der Waals surface area contributed by atoms with Gasteiger partial charge < -0.3 is 5.11 Å². The summed E-state index contributed by atoms with van der Waals surface area (Å²) in [5, 5.41) is 9.71. The van der Waals surface area contributed by atoms with Gasteiger partial charge in [0.05, 0.1) is 0 Å². The number of rotatable bonds is 0. The van der Waals surface area contributed by atoms with E-state index in [1.54, 1.807) is 6.07 Å². The molecule has 2 unspecified atom stereocenters. The van der Waals surface area contributed by atoms with E-state index < -0.39 is 0 Å². The van der Waals surface area contributed by atoms with Crippen molar-refractivity contribution < 1.29 is 9.90 Å².